The minimum absolute atomic E-state index is 0.903. The lowest BCUT2D eigenvalue weighted by Crippen LogP contribution is -2.44. The van der Waals surface area contributed by atoms with Gasteiger partial charge >= 0.3 is 0 Å². The Hall–Kier alpha value is -2.79. The van der Waals surface area contributed by atoms with Crippen LogP contribution in [0.25, 0.3) is 22.4 Å². The first-order valence-electron chi connectivity index (χ1n) is 8.21. The molecule has 1 aromatic carbocycles. The highest BCUT2D eigenvalue weighted by Crippen LogP contribution is 2.31. The lowest BCUT2D eigenvalue weighted by molar-refractivity contribution is 0.583. The van der Waals surface area contributed by atoms with E-state index in [1.54, 1.807) is 0 Å². The topological polar surface area (TPSA) is 53.9 Å². The third-order valence-electron chi connectivity index (χ3n) is 4.26. The fourth-order valence-corrected chi connectivity index (χ4v) is 2.99. The maximum Gasteiger partial charge on any atom is 0.151 e. The van der Waals surface area contributed by atoms with Crippen LogP contribution in [0.5, 0.6) is 0 Å². The van der Waals surface area contributed by atoms with Gasteiger partial charge in [0.2, 0.25) is 0 Å². The highest BCUT2D eigenvalue weighted by atomic mass is 15.3. The molecular weight excluding hydrogens is 298 g/mol. The summed E-state index contributed by atoms with van der Waals surface area (Å²) >= 11 is 0. The second-order valence-electron chi connectivity index (χ2n) is 5.80. The molecule has 0 radical (unpaired) electrons. The summed E-state index contributed by atoms with van der Waals surface area (Å²) in [5, 5.41) is 12.4. The lowest BCUT2D eigenvalue weighted by Gasteiger charge is -2.28. The van der Waals surface area contributed by atoms with Crippen LogP contribution in [-0.4, -0.2) is 41.4 Å². The van der Waals surface area contributed by atoms with Gasteiger partial charge in [0.1, 0.15) is 5.69 Å². The van der Waals surface area contributed by atoms with E-state index in [2.05, 4.69) is 43.6 Å². The number of rotatable bonds is 3. The molecule has 1 aliphatic rings. The number of pyridine rings is 1. The SMILES string of the molecule is c1ccc(-c2nnc(N3CCNCC3)cc2-c2ccncc2)cc1. The van der Waals surface area contributed by atoms with Crippen molar-refractivity contribution in [3.05, 3.63) is 60.9 Å². The molecule has 1 N–H and O–H groups in total. The van der Waals surface area contributed by atoms with E-state index >= 15 is 0 Å². The van der Waals surface area contributed by atoms with Crippen LogP contribution in [0.3, 0.4) is 0 Å². The van der Waals surface area contributed by atoms with Crippen molar-refractivity contribution < 1.29 is 0 Å². The summed E-state index contributed by atoms with van der Waals surface area (Å²) in [5.74, 6) is 0.933. The van der Waals surface area contributed by atoms with E-state index in [9.17, 15) is 0 Å². The van der Waals surface area contributed by atoms with Gasteiger partial charge < -0.3 is 10.2 Å². The molecule has 24 heavy (non-hydrogen) atoms. The van der Waals surface area contributed by atoms with Gasteiger partial charge in [0, 0.05) is 49.7 Å². The Bertz CT molecular complexity index is 799. The molecule has 4 rings (SSSR count). The van der Waals surface area contributed by atoms with Crippen molar-refractivity contribution in [3.8, 4) is 22.4 Å². The van der Waals surface area contributed by atoms with Crippen LogP contribution >= 0.6 is 0 Å². The summed E-state index contributed by atoms with van der Waals surface area (Å²) < 4.78 is 0. The van der Waals surface area contributed by atoms with Gasteiger partial charge in [0.25, 0.3) is 0 Å². The maximum atomic E-state index is 4.57. The molecule has 2 aromatic heterocycles. The van der Waals surface area contributed by atoms with Crippen molar-refractivity contribution in [1.29, 1.82) is 0 Å². The minimum Gasteiger partial charge on any atom is -0.353 e. The lowest BCUT2D eigenvalue weighted by atomic mass is 10.0. The Balaban J connectivity index is 1.82. The average Bonchev–Trinajstić information content (AvgIpc) is 2.69. The number of anilines is 1. The smallest absolute Gasteiger partial charge is 0.151 e. The average molecular weight is 317 g/mol. The molecule has 3 aromatic rings. The Morgan fingerprint density at radius 3 is 2.33 bits per heavy atom. The Morgan fingerprint density at radius 2 is 1.58 bits per heavy atom. The Morgan fingerprint density at radius 1 is 0.833 bits per heavy atom. The number of nitrogens with zero attached hydrogens (tertiary/aromatic N) is 4. The predicted molar refractivity (Wildman–Crippen MR) is 95.8 cm³/mol. The van der Waals surface area contributed by atoms with E-state index in [1.165, 1.54) is 0 Å². The molecule has 0 atom stereocenters. The minimum atomic E-state index is 0.903. The molecule has 1 aliphatic heterocycles. The molecule has 120 valence electrons. The van der Waals surface area contributed by atoms with Gasteiger partial charge in [0.05, 0.1) is 0 Å². The van der Waals surface area contributed by atoms with Crippen LogP contribution in [0.1, 0.15) is 0 Å². The van der Waals surface area contributed by atoms with Crippen LogP contribution in [-0.2, 0) is 0 Å². The molecule has 0 amide bonds. The molecule has 1 fully saturated rings. The number of hydrogen-bond donors (Lipinski definition) is 1. The number of hydrogen-bond acceptors (Lipinski definition) is 5. The van der Waals surface area contributed by atoms with E-state index in [0.29, 0.717) is 0 Å². The van der Waals surface area contributed by atoms with Crippen LogP contribution in [0.15, 0.2) is 60.9 Å². The molecular formula is C19H19N5. The summed E-state index contributed by atoms with van der Waals surface area (Å²) in [7, 11) is 0. The van der Waals surface area contributed by atoms with E-state index in [4.69, 9.17) is 0 Å². The Kier molecular flexibility index (Phi) is 4.16. The van der Waals surface area contributed by atoms with E-state index in [1.807, 2.05) is 42.7 Å². The second kappa shape index (κ2) is 6.76. The molecule has 3 heterocycles. The number of aromatic nitrogens is 3. The van der Waals surface area contributed by atoms with Gasteiger partial charge in [-0.05, 0) is 23.8 Å². The number of nitrogens with one attached hydrogen (secondary N) is 1. The van der Waals surface area contributed by atoms with Crippen molar-refractivity contribution in [3.63, 3.8) is 0 Å². The largest absolute Gasteiger partial charge is 0.353 e. The standard InChI is InChI=1S/C19H19N5/c1-2-4-16(5-3-1)19-17(15-6-8-20-9-7-15)14-18(22-23-19)24-12-10-21-11-13-24/h1-9,14,21H,10-13H2. The first-order valence-corrected chi connectivity index (χ1v) is 8.21. The summed E-state index contributed by atoms with van der Waals surface area (Å²) in [6.45, 7) is 3.86. The van der Waals surface area contributed by atoms with Gasteiger partial charge in [-0.3, -0.25) is 4.98 Å². The maximum absolute atomic E-state index is 4.57. The quantitative estimate of drug-likeness (QED) is 0.805. The van der Waals surface area contributed by atoms with Crippen molar-refractivity contribution in [1.82, 2.24) is 20.5 Å². The number of benzene rings is 1. The first kappa shape index (κ1) is 14.8. The highest BCUT2D eigenvalue weighted by molar-refractivity contribution is 5.81. The highest BCUT2D eigenvalue weighted by Gasteiger charge is 2.16. The van der Waals surface area contributed by atoms with E-state index < -0.39 is 0 Å². The first-order chi connectivity index (χ1) is 11.9. The second-order valence-corrected chi connectivity index (χ2v) is 5.80. The van der Waals surface area contributed by atoms with Gasteiger partial charge in [-0.25, -0.2) is 0 Å². The monoisotopic (exact) mass is 317 g/mol. The van der Waals surface area contributed by atoms with Crippen LogP contribution < -0.4 is 10.2 Å². The fourth-order valence-electron chi connectivity index (χ4n) is 2.99. The number of piperazine rings is 1. The molecule has 0 aliphatic carbocycles. The van der Waals surface area contributed by atoms with Crippen molar-refractivity contribution in [2.75, 3.05) is 31.1 Å². The van der Waals surface area contributed by atoms with E-state index in [0.717, 1.165) is 54.4 Å². The third kappa shape index (κ3) is 2.98. The molecule has 5 heteroatoms. The molecule has 1 saturated heterocycles. The summed E-state index contributed by atoms with van der Waals surface area (Å²) in [6, 6.07) is 16.4. The zero-order valence-corrected chi connectivity index (χ0v) is 13.4. The molecule has 5 nitrogen and oxygen atoms in total. The van der Waals surface area contributed by atoms with Crippen molar-refractivity contribution in [2.24, 2.45) is 0 Å². The van der Waals surface area contributed by atoms with Gasteiger partial charge in [-0.15, -0.1) is 10.2 Å². The predicted octanol–water partition coefficient (Wildman–Crippen LogP) is 2.62. The zero-order chi connectivity index (χ0) is 16.2. The normalized spacial score (nSPS) is 14.6. The van der Waals surface area contributed by atoms with Gasteiger partial charge in [-0.2, -0.15) is 0 Å². The Labute approximate surface area is 141 Å². The van der Waals surface area contributed by atoms with E-state index in [-0.39, 0.29) is 0 Å². The molecule has 0 bridgehead atoms. The summed E-state index contributed by atoms with van der Waals surface area (Å²) in [6.07, 6.45) is 3.63. The molecule has 0 saturated carbocycles. The van der Waals surface area contributed by atoms with Crippen LogP contribution in [0, 0.1) is 0 Å². The zero-order valence-electron chi connectivity index (χ0n) is 13.4. The van der Waals surface area contributed by atoms with Gasteiger partial charge in [0.15, 0.2) is 5.82 Å². The van der Waals surface area contributed by atoms with Crippen molar-refractivity contribution in [2.45, 2.75) is 0 Å². The molecule has 0 spiro atoms. The third-order valence-corrected chi connectivity index (χ3v) is 4.26. The molecule has 0 unspecified atom stereocenters. The fraction of sp³-hybridized carbons (Fsp3) is 0.211. The van der Waals surface area contributed by atoms with Crippen molar-refractivity contribution >= 4 is 5.82 Å². The summed E-state index contributed by atoms with van der Waals surface area (Å²) in [4.78, 5) is 6.41. The van der Waals surface area contributed by atoms with Crippen LogP contribution in [0.2, 0.25) is 0 Å². The summed E-state index contributed by atoms with van der Waals surface area (Å²) in [5.41, 5.74) is 4.17. The van der Waals surface area contributed by atoms with Crippen LogP contribution in [0.4, 0.5) is 5.82 Å². The van der Waals surface area contributed by atoms with Gasteiger partial charge in [-0.1, -0.05) is 30.3 Å².